The zero-order valence-electron chi connectivity index (χ0n) is 13.2. The first-order chi connectivity index (χ1) is 11.6. The van der Waals surface area contributed by atoms with E-state index in [0.717, 1.165) is 38.5 Å². The SMILES string of the molecule is NC(=O)c1ccsc1NC(=O)CN1CCN(Cc2ccco2)CC1. The summed E-state index contributed by atoms with van der Waals surface area (Å²) in [5.41, 5.74) is 5.64. The molecule has 1 fully saturated rings. The fourth-order valence-corrected chi connectivity index (χ4v) is 3.51. The van der Waals surface area contributed by atoms with E-state index >= 15 is 0 Å². The molecule has 24 heavy (non-hydrogen) atoms. The van der Waals surface area contributed by atoms with Gasteiger partial charge in [0.2, 0.25) is 5.91 Å². The fraction of sp³-hybridized carbons (Fsp3) is 0.375. The molecule has 0 unspecified atom stereocenters. The van der Waals surface area contributed by atoms with Gasteiger partial charge in [-0.25, -0.2) is 0 Å². The molecule has 0 atom stereocenters. The summed E-state index contributed by atoms with van der Waals surface area (Å²) in [5.74, 6) is 0.301. The number of hydrogen-bond donors (Lipinski definition) is 2. The third kappa shape index (κ3) is 4.22. The van der Waals surface area contributed by atoms with Crippen molar-refractivity contribution in [3.05, 3.63) is 41.2 Å². The van der Waals surface area contributed by atoms with Gasteiger partial charge < -0.3 is 15.5 Å². The van der Waals surface area contributed by atoms with E-state index in [9.17, 15) is 9.59 Å². The maximum absolute atomic E-state index is 12.2. The Hall–Kier alpha value is -2.16. The summed E-state index contributed by atoms with van der Waals surface area (Å²) in [4.78, 5) is 27.8. The predicted octanol–water partition coefficient (Wildman–Crippen LogP) is 1.20. The standard InChI is InChI=1S/C16H20N4O3S/c17-15(22)13-3-9-24-16(13)18-14(21)11-20-6-4-19(5-7-20)10-12-2-1-8-23-12/h1-3,8-9H,4-7,10-11H2,(H2,17,22)(H,18,21). The van der Waals surface area contributed by atoms with Crippen molar-refractivity contribution >= 4 is 28.2 Å². The van der Waals surface area contributed by atoms with Crippen molar-refractivity contribution in [2.75, 3.05) is 38.0 Å². The number of thiophene rings is 1. The minimum atomic E-state index is -0.530. The van der Waals surface area contributed by atoms with E-state index in [4.69, 9.17) is 10.2 Å². The van der Waals surface area contributed by atoms with Crippen molar-refractivity contribution in [1.82, 2.24) is 9.80 Å². The van der Waals surface area contributed by atoms with Gasteiger partial charge in [-0.1, -0.05) is 0 Å². The summed E-state index contributed by atoms with van der Waals surface area (Å²) in [6, 6.07) is 5.48. The van der Waals surface area contributed by atoms with Crippen LogP contribution in [0.25, 0.3) is 0 Å². The minimum Gasteiger partial charge on any atom is -0.468 e. The van der Waals surface area contributed by atoms with Crippen LogP contribution in [0.1, 0.15) is 16.1 Å². The van der Waals surface area contributed by atoms with Crippen LogP contribution in [0.2, 0.25) is 0 Å². The molecule has 3 heterocycles. The van der Waals surface area contributed by atoms with Crippen LogP contribution in [0.3, 0.4) is 0 Å². The lowest BCUT2D eigenvalue weighted by molar-refractivity contribution is -0.117. The molecule has 3 rings (SSSR count). The molecule has 0 saturated carbocycles. The summed E-state index contributed by atoms with van der Waals surface area (Å²) in [5, 5.41) is 5.03. The number of rotatable bonds is 6. The van der Waals surface area contributed by atoms with E-state index in [-0.39, 0.29) is 5.91 Å². The highest BCUT2D eigenvalue weighted by molar-refractivity contribution is 7.14. The first kappa shape index (κ1) is 16.7. The first-order valence-corrected chi connectivity index (χ1v) is 8.64. The maximum atomic E-state index is 12.2. The van der Waals surface area contributed by atoms with Crippen LogP contribution in [0.5, 0.6) is 0 Å². The normalized spacial score (nSPS) is 16.2. The van der Waals surface area contributed by atoms with E-state index in [2.05, 4.69) is 15.1 Å². The van der Waals surface area contributed by atoms with Crippen LogP contribution < -0.4 is 11.1 Å². The van der Waals surface area contributed by atoms with Gasteiger partial charge in [-0.15, -0.1) is 11.3 Å². The van der Waals surface area contributed by atoms with E-state index in [1.54, 1.807) is 17.7 Å². The zero-order valence-corrected chi connectivity index (χ0v) is 14.1. The number of nitrogens with two attached hydrogens (primary N) is 1. The van der Waals surface area contributed by atoms with Gasteiger partial charge in [-0.2, -0.15) is 0 Å². The van der Waals surface area contributed by atoms with Gasteiger partial charge in [0, 0.05) is 26.2 Å². The summed E-state index contributed by atoms with van der Waals surface area (Å²) in [6.45, 7) is 4.52. The molecule has 0 aromatic carbocycles. The number of furan rings is 1. The Bertz CT molecular complexity index is 690. The Morgan fingerprint density at radius 2 is 1.96 bits per heavy atom. The van der Waals surface area contributed by atoms with Gasteiger partial charge in [0.05, 0.1) is 24.9 Å². The Balaban J connectivity index is 1.44. The van der Waals surface area contributed by atoms with Crippen LogP contribution in [0, 0.1) is 0 Å². The van der Waals surface area contributed by atoms with Gasteiger partial charge in [-0.3, -0.25) is 19.4 Å². The number of anilines is 1. The topological polar surface area (TPSA) is 91.8 Å². The predicted molar refractivity (Wildman–Crippen MR) is 91.9 cm³/mol. The largest absolute Gasteiger partial charge is 0.468 e. The molecule has 128 valence electrons. The van der Waals surface area contributed by atoms with E-state index in [1.807, 2.05) is 12.1 Å². The van der Waals surface area contributed by atoms with Crippen molar-refractivity contribution in [1.29, 1.82) is 0 Å². The molecule has 2 amide bonds. The molecule has 0 spiro atoms. The molecular formula is C16H20N4O3S. The number of nitrogens with zero attached hydrogens (tertiary/aromatic N) is 2. The van der Waals surface area contributed by atoms with Crippen molar-refractivity contribution in [3.8, 4) is 0 Å². The zero-order chi connectivity index (χ0) is 16.9. The average Bonchev–Trinajstić information content (AvgIpc) is 3.21. The summed E-state index contributed by atoms with van der Waals surface area (Å²) in [6.07, 6.45) is 1.68. The van der Waals surface area contributed by atoms with Gasteiger partial charge in [-0.05, 0) is 23.6 Å². The summed E-state index contributed by atoms with van der Waals surface area (Å²) >= 11 is 1.30. The number of amides is 2. The highest BCUT2D eigenvalue weighted by Gasteiger charge is 2.20. The van der Waals surface area contributed by atoms with E-state index < -0.39 is 5.91 Å². The van der Waals surface area contributed by atoms with Gasteiger partial charge >= 0.3 is 0 Å². The molecule has 3 N–H and O–H groups in total. The highest BCUT2D eigenvalue weighted by atomic mass is 32.1. The van der Waals surface area contributed by atoms with Crippen LogP contribution in [0.15, 0.2) is 34.3 Å². The van der Waals surface area contributed by atoms with E-state index in [0.29, 0.717) is 17.1 Å². The molecule has 0 radical (unpaired) electrons. The van der Waals surface area contributed by atoms with Gasteiger partial charge in [0.1, 0.15) is 10.8 Å². The Morgan fingerprint density at radius 3 is 2.62 bits per heavy atom. The molecule has 1 aliphatic rings. The fourth-order valence-electron chi connectivity index (χ4n) is 2.70. The molecule has 7 nitrogen and oxygen atoms in total. The lowest BCUT2D eigenvalue weighted by atomic mass is 10.3. The van der Waals surface area contributed by atoms with Crippen LogP contribution >= 0.6 is 11.3 Å². The first-order valence-electron chi connectivity index (χ1n) is 7.76. The molecule has 0 bridgehead atoms. The minimum absolute atomic E-state index is 0.126. The van der Waals surface area contributed by atoms with Gasteiger partial charge in [0.25, 0.3) is 5.91 Å². The number of nitrogens with one attached hydrogen (secondary N) is 1. The number of carbonyl (C=O) groups excluding carboxylic acids is 2. The highest BCUT2D eigenvalue weighted by Crippen LogP contribution is 2.22. The van der Waals surface area contributed by atoms with Crippen molar-refractivity contribution in [2.45, 2.75) is 6.54 Å². The summed E-state index contributed by atoms with van der Waals surface area (Å²) < 4.78 is 5.36. The molecule has 0 aliphatic carbocycles. The quantitative estimate of drug-likeness (QED) is 0.818. The molecule has 2 aromatic heterocycles. The van der Waals surface area contributed by atoms with Crippen LogP contribution in [0.4, 0.5) is 5.00 Å². The smallest absolute Gasteiger partial charge is 0.251 e. The Morgan fingerprint density at radius 1 is 1.21 bits per heavy atom. The maximum Gasteiger partial charge on any atom is 0.251 e. The average molecular weight is 348 g/mol. The van der Waals surface area contributed by atoms with E-state index in [1.165, 1.54) is 11.3 Å². The molecule has 1 saturated heterocycles. The van der Waals surface area contributed by atoms with Gasteiger partial charge in [0.15, 0.2) is 0 Å². The second kappa shape index (κ2) is 7.61. The number of hydrogen-bond acceptors (Lipinski definition) is 6. The third-order valence-corrected chi connectivity index (χ3v) is 4.81. The number of carbonyl (C=O) groups is 2. The van der Waals surface area contributed by atoms with Crippen molar-refractivity contribution < 1.29 is 14.0 Å². The molecule has 1 aliphatic heterocycles. The lowest BCUT2D eigenvalue weighted by Crippen LogP contribution is -2.48. The second-order valence-electron chi connectivity index (χ2n) is 5.71. The number of piperazine rings is 1. The molecule has 2 aromatic rings. The second-order valence-corrected chi connectivity index (χ2v) is 6.62. The summed E-state index contributed by atoms with van der Waals surface area (Å²) in [7, 11) is 0. The van der Waals surface area contributed by atoms with Crippen LogP contribution in [-0.2, 0) is 11.3 Å². The number of primary amides is 1. The van der Waals surface area contributed by atoms with Crippen molar-refractivity contribution in [3.63, 3.8) is 0 Å². The van der Waals surface area contributed by atoms with Crippen LogP contribution in [-0.4, -0.2) is 54.3 Å². The van der Waals surface area contributed by atoms with Crippen molar-refractivity contribution in [2.24, 2.45) is 5.73 Å². The third-order valence-electron chi connectivity index (χ3n) is 3.98. The lowest BCUT2D eigenvalue weighted by Gasteiger charge is -2.33. The monoisotopic (exact) mass is 348 g/mol. The Labute approximate surface area is 144 Å². The Kier molecular flexibility index (Phi) is 5.29. The molecule has 8 heteroatoms. The molecular weight excluding hydrogens is 328 g/mol.